The molecule has 86 valence electrons. The molecule has 1 fully saturated rings. The molecule has 0 saturated heterocycles. The monoisotopic (exact) mass is 242 g/mol. The Morgan fingerprint density at radius 2 is 2.12 bits per heavy atom. The van der Waals surface area contributed by atoms with Gasteiger partial charge in [0.15, 0.2) is 11.5 Å². The summed E-state index contributed by atoms with van der Waals surface area (Å²) in [6.45, 7) is 0.113. The molecule has 0 radical (unpaired) electrons. The molecule has 0 bridgehead atoms. The first kappa shape index (κ1) is 10.1. The number of aliphatic hydroxyl groups is 1. The Morgan fingerprint density at radius 3 is 2.81 bits per heavy atom. The second-order valence-corrected chi connectivity index (χ2v) is 4.71. The van der Waals surface area contributed by atoms with Crippen LogP contribution in [0.4, 0.5) is 0 Å². The lowest BCUT2D eigenvalue weighted by atomic mass is 10.0. The third kappa shape index (κ3) is 1.49. The lowest BCUT2D eigenvalue weighted by Crippen LogP contribution is -2.10. The molecule has 0 amide bonds. The van der Waals surface area contributed by atoms with Crippen molar-refractivity contribution in [3.8, 4) is 17.2 Å². The van der Waals surface area contributed by atoms with Crippen LogP contribution in [0.2, 0.25) is 5.02 Å². The molecule has 1 saturated carbocycles. The van der Waals surface area contributed by atoms with Gasteiger partial charge in [-0.15, -0.1) is 0 Å². The predicted molar refractivity (Wildman–Crippen MR) is 57.1 cm³/mol. The largest absolute Gasteiger partial charge is 0.506 e. The van der Waals surface area contributed by atoms with E-state index in [0.717, 1.165) is 12.8 Å². The molecule has 4 nitrogen and oxygen atoms in total. The van der Waals surface area contributed by atoms with Gasteiger partial charge < -0.3 is 19.7 Å². The highest BCUT2D eigenvalue weighted by atomic mass is 35.5. The van der Waals surface area contributed by atoms with Crippen LogP contribution in [-0.4, -0.2) is 22.6 Å². The Bertz CT molecular complexity index is 454. The quantitative estimate of drug-likeness (QED) is 0.831. The van der Waals surface area contributed by atoms with Gasteiger partial charge in [0.25, 0.3) is 0 Å². The molecule has 1 aromatic carbocycles. The van der Waals surface area contributed by atoms with Gasteiger partial charge in [-0.25, -0.2) is 0 Å². The third-order valence-electron chi connectivity index (χ3n) is 3.00. The van der Waals surface area contributed by atoms with E-state index in [9.17, 15) is 10.2 Å². The van der Waals surface area contributed by atoms with Crippen LogP contribution in [0.5, 0.6) is 17.2 Å². The van der Waals surface area contributed by atoms with Crippen LogP contribution in [0.25, 0.3) is 0 Å². The summed E-state index contributed by atoms with van der Waals surface area (Å²) in [5, 5.41) is 19.9. The minimum Gasteiger partial charge on any atom is -0.506 e. The number of aromatic hydroxyl groups is 1. The Hall–Kier alpha value is -1.13. The van der Waals surface area contributed by atoms with Crippen molar-refractivity contribution < 1.29 is 19.7 Å². The lowest BCUT2D eigenvalue weighted by molar-refractivity contribution is 0.150. The summed E-state index contributed by atoms with van der Waals surface area (Å²) in [6, 6.07) is 1.68. The van der Waals surface area contributed by atoms with E-state index in [1.165, 1.54) is 0 Å². The van der Waals surface area contributed by atoms with Crippen LogP contribution in [0.15, 0.2) is 6.07 Å². The average molecular weight is 243 g/mol. The Labute approximate surface area is 97.4 Å². The van der Waals surface area contributed by atoms with Gasteiger partial charge in [-0.2, -0.15) is 0 Å². The summed E-state index contributed by atoms with van der Waals surface area (Å²) in [7, 11) is 0. The molecule has 1 aliphatic heterocycles. The van der Waals surface area contributed by atoms with Gasteiger partial charge in [-0.05, 0) is 18.9 Å². The van der Waals surface area contributed by atoms with Gasteiger partial charge in [-0.1, -0.05) is 11.6 Å². The van der Waals surface area contributed by atoms with E-state index in [1.807, 2.05) is 0 Å². The maximum atomic E-state index is 9.87. The molecule has 2 aliphatic rings. The van der Waals surface area contributed by atoms with Gasteiger partial charge in [0, 0.05) is 12.0 Å². The minimum atomic E-state index is -0.672. The van der Waals surface area contributed by atoms with Gasteiger partial charge in [0.1, 0.15) is 10.8 Å². The van der Waals surface area contributed by atoms with Gasteiger partial charge in [0.2, 0.25) is 6.79 Å². The van der Waals surface area contributed by atoms with E-state index in [0.29, 0.717) is 23.5 Å². The topological polar surface area (TPSA) is 58.9 Å². The molecule has 0 spiro atoms. The zero-order valence-electron chi connectivity index (χ0n) is 8.49. The van der Waals surface area contributed by atoms with E-state index in [-0.39, 0.29) is 17.6 Å². The van der Waals surface area contributed by atoms with Crippen molar-refractivity contribution >= 4 is 11.6 Å². The van der Waals surface area contributed by atoms with Crippen molar-refractivity contribution in [3.63, 3.8) is 0 Å². The zero-order chi connectivity index (χ0) is 11.3. The fourth-order valence-corrected chi connectivity index (χ4v) is 2.12. The summed E-state index contributed by atoms with van der Waals surface area (Å²) in [5.74, 6) is 0.888. The maximum Gasteiger partial charge on any atom is 0.231 e. The van der Waals surface area contributed by atoms with Crippen molar-refractivity contribution in [2.75, 3.05) is 6.79 Å². The molecular formula is C11H11ClO4. The minimum absolute atomic E-state index is 0.0220. The lowest BCUT2D eigenvalue weighted by Gasteiger charge is -2.11. The third-order valence-corrected chi connectivity index (χ3v) is 3.36. The predicted octanol–water partition coefficient (Wildman–Crippen LogP) is 1.84. The number of ether oxygens (including phenoxy) is 2. The number of benzene rings is 1. The first-order valence-electron chi connectivity index (χ1n) is 5.11. The molecule has 5 heteroatoms. The Morgan fingerprint density at radius 1 is 1.38 bits per heavy atom. The first-order valence-corrected chi connectivity index (χ1v) is 5.49. The van der Waals surface area contributed by atoms with Crippen molar-refractivity contribution in [1.29, 1.82) is 0 Å². The highest BCUT2D eigenvalue weighted by molar-refractivity contribution is 6.34. The molecule has 0 unspecified atom stereocenters. The van der Waals surface area contributed by atoms with Crippen LogP contribution in [0.3, 0.4) is 0 Å². The highest BCUT2D eigenvalue weighted by Crippen LogP contribution is 2.48. The molecule has 16 heavy (non-hydrogen) atoms. The molecule has 1 heterocycles. The summed E-state index contributed by atoms with van der Waals surface area (Å²) in [6.07, 6.45) is 1.92. The molecule has 3 rings (SSSR count). The number of phenols is 1. The van der Waals surface area contributed by atoms with Gasteiger partial charge in [-0.3, -0.25) is 0 Å². The van der Waals surface area contributed by atoms with E-state index < -0.39 is 5.60 Å². The number of halogens is 1. The Balaban J connectivity index is 2.02. The number of hydrogen-bond acceptors (Lipinski definition) is 4. The average Bonchev–Trinajstić information content (AvgIpc) is 2.79. The number of hydrogen-bond donors (Lipinski definition) is 2. The van der Waals surface area contributed by atoms with Crippen molar-refractivity contribution in [3.05, 3.63) is 16.7 Å². The van der Waals surface area contributed by atoms with Crippen LogP contribution in [0, 0.1) is 0 Å². The van der Waals surface area contributed by atoms with Crippen molar-refractivity contribution in [1.82, 2.24) is 0 Å². The molecule has 2 N–H and O–H groups in total. The fourth-order valence-electron chi connectivity index (χ4n) is 1.85. The maximum absolute atomic E-state index is 9.87. The van der Waals surface area contributed by atoms with E-state index >= 15 is 0 Å². The van der Waals surface area contributed by atoms with E-state index in [4.69, 9.17) is 21.1 Å². The summed E-state index contributed by atoms with van der Waals surface area (Å²) in [4.78, 5) is 0. The number of rotatable bonds is 2. The second kappa shape index (κ2) is 3.18. The van der Waals surface area contributed by atoms with Gasteiger partial charge in [0.05, 0.1) is 5.60 Å². The smallest absolute Gasteiger partial charge is 0.231 e. The normalized spacial score (nSPS) is 19.9. The van der Waals surface area contributed by atoms with Gasteiger partial charge >= 0.3 is 0 Å². The number of phenolic OH excluding ortho intramolecular Hbond substituents is 1. The summed E-state index contributed by atoms with van der Waals surface area (Å²) >= 11 is 5.96. The highest BCUT2D eigenvalue weighted by Gasteiger charge is 2.41. The van der Waals surface area contributed by atoms with Crippen LogP contribution in [-0.2, 0) is 6.42 Å². The fraction of sp³-hybridized carbons (Fsp3) is 0.455. The first-order chi connectivity index (χ1) is 7.59. The van der Waals surface area contributed by atoms with E-state index in [2.05, 4.69) is 0 Å². The van der Waals surface area contributed by atoms with Crippen LogP contribution in [0.1, 0.15) is 18.4 Å². The molecule has 0 atom stereocenters. The molecule has 1 aliphatic carbocycles. The molecule has 0 aromatic heterocycles. The molecule has 1 aromatic rings. The van der Waals surface area contributed by atoms with Crippen LogP contribution >= 0.6 is 11.6 Å². The van der Waals surface area contributed by atoms with Crippen molar-refractivity contribution in [2.45, 2.75) is 24.9 Å². The Kier molecular flexibility index (Phi) is 2.00. The van der Waals surface area contributed by atoms with Crippen LogP contribution < -0.4 is 9.47 Å². The number of fused-ring (bicyclic) bond motifs is 1. The summed E-state index contributed by atoms with van der Waals surface area (Å²) < 4.78 is 10.3. The summed E-state index contributed by atoms with van der Waals surface area (Å²) in [5.41, 5.74) is -0.0663. The SMILES string of the molecule is Oc1c(CC2(O)CC2)cc2c(c1Cl)OCO2. The standard InChI is InChI=1S/C11H11ClO4/c12-8-9(13)6(4-11(14)1-2-11)3-7-10(8)16-5-15-7/h3,13-14H,1-2,4-5H2. The van der Waals surface area contributed by atoms with E-state index in [1.54, 1.807) is 6.07 Å². The zero-order valence-corrected chi connectivity index (χ0v) is 9.25. The second-order valence-electron chi connectivity index (χ2n) is 4.33. The molecular weight excluding hydrogens is 232 g/mol. The van der Waals surface area contributed by atoms with Crippen molar-refractivity contribution in [2.24, 2.45) is 0 Å².